The Balaban J connectivity index is 1.81. The lowest BCUT2D eigenvalue weighted by molar-refractivity contribution is -0.153. The number of rotatable bonds is 8. The van der Waals surface area contributed by atoms with E-state index < -0.39 is 75.7 Å². The van der Waals surface area contributed by atoms with Crippen LogP contribution in [0.4, 0.5) is 5.69 Å². The zero-order valence-electron chi connectivity index (χ0n) is 23.3. The summed E-state index contributed by atoms with van der Waals surface area (Å²) in [5, 5.41) is 47.8. The number of hydrogen-bond donors (Lipinski definition) is 7. The third-order valence-corrected chi connectivity index (χ3v) is 8.93. The van der Waals surface area contributed by atoms with E-state index in [0.29, 0.717) is 18.7 Å². The quantitative estimate of drug-likeness (QED) is 0.128. The van der Waals surface area contributed by atoms with E-state index in [9.17, 15) is 39.6 Å². The lowest BCUT2D eigenvalue weighted by atomic mass is 9.57. The Morgan fingerprint density at radius 3 is 2.34 bits per heavy atom. The number of likely N-dealkylation sites (N-methyl/N-ethyl adjacent to an activating group) is 2. The molecule has 1 saturated carbocycles. The molecule has 13 heteroatoms. The highest BCUT2D eigenvalue weighted by molar-refractivity contribution is 7.80. The molecule has 41 heavy (non-hydrogen) atoms. The predicted octanol–water partition coefficient (Wildman–Crippen LogP) is 0.543. The van der Waals surface area contributed by atoms with Crippen molar-refractivity contribution in [1.82, 2.24) is 9.80 Å². The first-order valence-electron chi connectivity index (χ1n) is 13.4. The minimum absolute atomic E-state index is 0.00148. The molecule has 0 heterocycles. The van der Waals surface area contributed by atoms with E-state index in [1.807, 2.05) is 18.7 Å². The van der Waals surface area contributed by atoms with Crippen LogP contribution in [-0.2, 0) is 25.6 Å². The molecule has 0 spiro atoms. The van der Waals surface area contributed by atoms with E-state index in [-0.39, 0.29) is 35.4 Å². The van der Waals surface area contributed by atoms with Crippen molar-refractivity contribution in [2.24, 2.45) is 17.6 Å². The summed E-state index contributed by atoms with van der Waals surface area (Å²) in [5.41, 5.74) is 1.91. The molecule has 7 N–H and O–H groups in total. The Kier molecular flexibility index (Phi) is 8.29. The fourth-order valence-electron chi connectivity index (χ4n) is 6.56. The van der Waals surface area contributed by atoms with Gasteiger partial charge < -0.3 is 31.5 Å². The number of carbonyl (C=O) groups excluding carboxylic acids is 4. The summed E-state index contributed by atoms with van der Waals surface area (Å²) in [6.07, 6.45) is 0.160. The van der Waals surface area contributed by atoms with Gasteiger partial charge in [-0.25, -0.2) is 0 Å². The minimum Gasteiger partial charge on any atom is -0.508 e. The van der Waals surface area contributed by atoms with Gasteiger partial charge in [0.05, 0.1) is 23.3 Å². The number of amides is 2. The van der Waals surface area contributed by atoms with Crippen molar-refractivity contribution in [3.63, 3.8) is 0 Å². The second kappa shape index (κ2) is 11.1. The van der Waals surface area contributed by atoms with Crippen molar-refractivity contribution in [2.75, 3.05) is 38.3 Å². The first-order chi connectivity index (χ1) is 19.3. The number of phenols is 1. The molecular formula is C28H36N4O8S. The summed E-state index contributed by atoms with van der Waals surface area (Å²) < 4.78 is 0. The van der Waals surface area contributed by atoms with E-state index >= 15 is 0 Å². The summed E-state index contributed by atoms with van der Waals surface area (Å²) in [5.74, 6) is -7.44. The largest absolute Gasteiger partial charge is 0.508 e. The maximum absolute atomic E-state index is 13.9. The Bertz CT molecular complexity index is 1390. The van der Waals surface area contributed by atoms with Crippen LogP contribution in [-0.4, -0.2) is 104 Å². The number of benzene rings is 1. The van der Waals surface area contributed by atoms with Gasteiger partial charge in [0.2, 0.25) is 11.7 Å². The lowest BCUT2D eigenvalue weighted by Gasteiger charge is -2.50. The molecule has 4 rings (SSSR count). The highest BCUT2D eigenvalue weighted by Gasteiger charge is 2.64. The average Bonchev–Trinajstić information content (AvgIpc) is 2.90. The molecule has 3 aliphatic carbocycles. The van der Waals surface area contributed by atoms with E-state index in [1.54, 1.807) is 20.2 Å². The summed E-state index contributed by atoms with van der Waals surface area (Å²) in [6.45, 7) is 5.02. The number of aromatic hydroxyl groups is 1. The van der Waals surface area contributed by atoms with Crippen LogP contribution >= 0.6 is 12.6 Å². The van der Waals surface area contributed by atoms with Crippen molar-refractivity contribution in [3.05, 3.63) is 40.2 Å². The van der Waals surface area contributed by atoms with Crippen LogP contribution in [0, 0.1) is 11.8 Å². The molecule has 0 bridgehead atoms. The monoisotopic (exact) mass is 588 g/mol. The summed E-state index contributed by atoms with van der Waals surface area (Å²) >= 11 is 4.29. The number of aliphatic hydroxyl groups is 3. The standard InChI is InChI=1S/C28H36N4O8S/c1-5-32(6-2)16(11-41)27(39)30-15-8-7-12-9-13-10-14-20(31(3)4)23(35)19(26(29)38)25(37)28(14,40)24(36)18(13)22(34)17(12)21(15)33/h7-8,13-14,16,20,33-34,37,40-41H,5-6,9-11H2,1-4H3,(H2,29,38)(H,30,39)/t13?,14?,16?,20-,28?/m0/s1. The Hall–Kier alpha value is -3.39. The van der Waals surface area contributed by atoms with Crippen molar-refractivity contribution in [3.8, 4) is 5.75 Å². The fraction of sp³-hybridized carbons (Fsp3) is 0.500. The van der Waals surface area contributed by atoms with Gasteiger partial charge in [-0.15, -0.1) is 0 Å². The highest BCUT2D eigenvalue weighted by atomic mass is 32.1. The normalized spacial score (nSPS) is 26.6. The van der Waals surface area contributed by atoms with E-state index in [0.717, 1.165) is 0 Å². The van der Waals surface area contributed by atoms with Crippen LogP contribution in [0.25, 0.3) is 5.76 Å². The number of anilines is 1. The smallest absolute Gasteiger partial charge is 0.255 e. The van der Waals surface area contributed by atoms with Gasteiger partial charge in [-0.1, -0.05) is 19.9 Å². The van der Waals surface area contributed by atoms with Crippen LogP contribution in [0.2, 0.25) is 0 Å². The first kappa shape index (κ1) is 30.6. The number of primary amides is 1. The molecule has 2 amide bonds. The first-order valence-corrected chi connectivity index (χ1v) is 14.0. The molecule has 12 nitrogen and oxygen atoms in total. The second-order valence-corrected chi connectivity index (χ2v) is 11.2. The van der Waals surface area contributed by atoms with Crippen molar-refractivity contribution < 1.29 is 39.6 Å². The molecule has 0 saturated heterocycles. The number of nitrogens with zero attached hydrogens (tertiary/aromatic N) is 2. The number of carbonyl (C=O) groups is 4. The van der Waals surface area contributed by atoms with Crippen LogP contribution in [0.15, 0.2) is 29.0 Å². The number of Topliss-reactive ketones (excluding diaryl/α,β-unsaturated/α-hetero) is 2. The highest BCUT2D eigenvalue weighted by Crippen LogP contribution is 2.53. The third kappa shape index (κ3) is 4.60. The molecule has 5 atom stereocenters. The number of aliphatic hydroxyl groups excluding tert-OH is 2. The van der Waals surface area contributed by atoms with Gasteiger partial charge in [-0.2, -0.15) is 12.6 Å². The number of fused-ring (bicyclic) bond motifs is 3. The van der Waals surface area contributed by atoms with Gasteiger partial charge in [0.25, 0.3) is 5.91 Å². The Morgan fingerprint density at radius 2 is 1.80 bits per heavy atom. The Labute approximate surface area is 242 Å². The molecule has 1 aromatic rings. The van der Waals surface area contributed by atoms with Gasteiger partial charge in [0, 0.05) is 17.2 Å². The molecule has 0 aliphatic heterocycles. The molecule has 0 radical (unpaired) electrons. The summed E-state index contributed by atoms with van der Waals surface area (Å²) in [4.78, 5) is 55.6. The van der Waals surface area contributed by atoms with E-state index in [1.165, 1.54) is 11.0 Å². The van der Waals surface area contributed by atoms with Crippen LogP contribution in [0.5, 0.6) is 5.75 Å². The number of nitrogens with two attached hydrogens (primary N) is 1. The molecule has 222 valence electrons. The molecule has 4 unspecified atom stereocenters. The Morgan fingerprint density at radius 1 is 1.17 bits per heavy atom. The average molecular weight is 589 g/mol. The lowest BCUT2D eigenvalue weighted by Crippen LogP contribution is -2.65. The number of nitrogens with one attached hydrogen (secondary N) is 1. The van der Waals surface area contributed by atoms with Crippen molar-refractivity contribution >= 4 is 47.5 Å². The third-order valence-electron chi connectivity index (χ3n) is 8.58. The molecule has 3 aliphatic rings. The van der Waals surface area contributed by atoms with Gasteiger partial charge >= 0.3 is 0 Å². The SMILES string of the molecule is CCN(CC)C(CS)C(=O)Nc1ccc2c(c1O)C(O)=C1C(=O)C3(O)C(O)=C(C(N)=O)C(=O)[C@@H](N(C)C)C3CC1C2. The zero-order chi connectivity index (χ0) is 30.5. The number of phenolic OH excluding ortho intramolecular Hbond substituents is 1. The van der Waals surface area contributed by atoms with E-state index in [4.69, 9.17) is 5.73 Å². The molecule has 0 aromatic heterocycles. The maximum atomic E-state index is 13.9. The summed E-state index contributed by atoms with van der Waals surface area (Å²) in [6, 6.07) is 1.39. The fourth-order valence-corrected chi connectivity index (χ4v) is 6.96. The number of thiol groups is 1. The molecule has 1 aromatic carbocycles. The maximum Gasteiger partial charge on any atom is 0.255 e. The van der Waals surface area contributed by atoms with Crippen molar-refractivity contribution in [1.29, 1.82) is 0 Å². The van der Waals surface area contributed by atoms with Crippen LogP contribution in [0.1, 0.15) is 31.4 Å². The second-order valence-electron chi connectivity index (χ2n) is 10.9. The van der Waals surface area contributed by atoms with Gasteiger partial charge in [-0.3, -0.25) is 29.0 Å². The van der Waals surface area contributed by atoms with Crippen LogP contribution < -0.4 is 11.1 Å². The topological polar surface area (TPSA) is 194 Å². The van der Waals surface area contributed by atoms with Gasteiger partial charge in [0.1, 0.15) is 22.8 Å². The zero-order valence-corrected chi connectivity index (χ0v) is 24.2. The van der Waals surface area contributed by atoms with Gasteiger partial charge in [0.15, 0.2) is 11.4 Å². The summed E-state index contributed by atoms with van der Waals surface area (Å²) in [7, 11) is 3.08. The molecule has 1 fully saturated rings. The number of ketones is 2. The number of hydrogen-bond acceptors (Lipinski definition) is 11. The van der Waals surface area contributed by atoms with Gasteiger partial charge in [-0.05, 0) is 57.6 Å². The predicted molar refractivity (Wildman–Crippen MR) is 153 cm³/mol. The van der Waals surface area contributed by atoms with Crippen molar-refractivity contribution in [2.45, 2.75) is 44.4 Å². The minimum atomic E-state index is -2.71. The van der Waals surface area contributed by atoms with E-state index in [2.05, 4.69) is 17.9 Å². The molecular weight excluding hydrogens is 552 g/mol. The van der Waals surface area contributed by atoms with Crippen LogP contribution in [0.3, 0.4) is 0 Å².